The van der Waals surface area contributed by atoms with Gasteiger partial charge in [0.15, 0.2) is 0 Å². The molecule has 4 unspecified atom stereocenters. The summed E-state index contributed by atoms with van der Waals surface area (Å²) in [5.41, 5.74) is 2.11. The number of amides is 2. The third kappa shape index (κ3) is 7.82. The van der Waals surface area contributed by atoms with Crippen molar-refractivity contribution in [3.05, 3.63) is 59.7 Å². The fourth-order valence-corrected chi connectivity index (χ4v) is 5.24. The number of rotatable bonds is 1. The number of anilines is 2. The highest BCUT2D eigenvalue weighted by Crippen LogP contribution is 2.44. The van der Waals surface area contributed by atoms with Gasteiger partial charge < -0.3 is 30.7 Å². The van der Waals surface area contributed by atoms with Gasteiger partial charge in [-0.3, -0.25) is 9.59 Å². The molecule has 1 aromatic carbocycles. The highest BCUT2D eigenvalue weighted by Gasteiger charge is 2.25. The number of ether oxygens (including phenoxy) is 1. The largest absolute Gasteiger partial charge is 0.505 e. The van der Waals surface area contributed by atoms with Gasteiger partial charge in [0.05, 0.1) is 41.9 Å². The van der Waals surface area contributed by atoms with Crippen LogP contribution in [0.15, 0.2) is 59.1 Å². The molecule has 2 aliphatic rings. The predicted octanol–water partition coefficient (Wildman–Crippen LogP) is 4.09. The van der Waals surface area contributed by atoms with Gasteiger partial charge in [0.1, 0.15) is 5.75 Å². The van der Waals surface area contributed by atoms with Crippen LogP contribution in [0.3, 0.4) is 0 Å². The zero-order valence-corrected chi connectivity index (χ0v) is 22.3. The molecule has 0 radical (unpaired) electrons. The van der Waals surface area contributed by atoms with Crippen LogP contribution in [0.4, 0.5) is 11.4 Å². The Morgan fingerprint density at radius 3 is 2.54 bits per heavy atom. The number of nitrogens with one attached hydrogen (secondary N) is 2. The van der Waals surface area contributed by atoms with Crippen molar-refractivity contribution in [1.82, 2.24) is 0 Å². The molecule has 5 N–H and O–H groups in total. The first kappa shape index (κ1) is 28.7. The number of thioether (sulfide) groups is 1. The smallest absolute Gasteiger partial charge is 0.234 e. The molecule has 0 saturated heterocycles. The van der Waals surface area contributed by atoms with Crippen molar-refractivity contribution in [3.63, 3.8) is 0 Å². The number of aromatic hydroxyl groups is 1. The van der Waals surface area contributed by atoms with E-state index in [1.165, 1.54) is 18.9 Å². The second kappa shape index (κ2) is 13.6. The van der Waals surface area contributed by atoms with Crippen molar-refractivity contribution in [1.29, 1.82) is 0 Å². The number of fused-ring (bicyclic) bond motifs is 4. The second-order valence-corrected chi connectivity index (χ2v) is 10.3. The van der Waals surface area contributed by atoms with Gasteiger partial charge in [0.2, 0.25) is 11.8 Å². The van der Waals surface area contributed by atoms with Crippen molar-refractivity contribution in [2.75, 3.05) is 23.5 Å². The summed E-state index contributed by atoms with van der Waals surface area (Å²) in [4.78, 5) is 25.6. The van der Waals surface area contributed by atoms with E-state index in [0.717, 1.165) is 10.5 Å². The molecule has 8 nitrogen and oxygen atoms in total. The molecule has 0 saturated carbocycles. The molecule has 2 aliphatic heterocycles. The normalized spacial score (nSPS) is 29.9. The van der Waals surface area contributed by atoms with Crippen LogP contribution < -0.4 is 10.6 Å². The van der Waals surface area contributed by atoms with Gasteiger partial charge in [0.25, 0.3) is 0 Å². The molecule has 1 aromatic rings. The zero-order valence-electron chi connectivity index (χ0n) is 21.4. The Hall–Kier alpha value is -2.85. The number of allylic oxidation sites excluding steroid dienone is 5. The number of methoxy groups -OCH3 is 1. The first-order chi connectivity index (χ1) is 17.7. The van der Waals surface area contributed by atoms with E-state index in [-0.39, 0.29) is 41.3 Å². The van der Waals surface area contributed by atoms with Crippen molar-refractivity contribution >= 4 is 35.0 Å². The minimum Gasteiger partial charge on any atom is -0.505 e. The van der Waals surface area contributed by atoms with E-state index < -0.39 is 18.3 Å². The first-order valence-corrected chi connectivity index (χ1v) is 13.4. The maximum absolute atomic E-state index is 12.8. The molecular weight excluding hydrogens is 492 g/mol. The van der Waals surface area contributed by atoms with Gasteiger partial charge >= 0.3 is 0 Å². The Morgan fingerprint density at radius 2 is 1.78 bits per heavy atom. The Balaban J connectivity index is 1.96. The highest BCUT2D eigenvalue weighted by molar-refractivity contribution is 8.00. The van der Waals surface area contributed by atoms with Gasteiger partial charge in [-0.25, -0.2) is 0 Å². The van der Waals surface area contributed by atoms with Crippen molar-refractivity contribution < 1.29 is 29.6 Å². The number of phenols is 1. The summed E-state index contributed by atoms with van der Waals surface area (Å²) in [7, 11) is 1.51. The van der Waals surface area contributed by atoms with E-state index in [0.29, 0.717) is 30.5 Å². The maximum Gasteiger partial charge on any atom is 0.234 e. The predicted molar refractivity (Wildman–Crippen MR) is 147 cm³/mol. The van der Waals surface area contributed by atoms with Crippen LogP contribution in [0.5, 0.6) is 5.75 Å². The lowest BCUT2D eigenvalue weighted by molar-refractivity contribution is -0.118. The molecule has 0 aliphatic carbocycles. The summed E-state index contributed by atoms with van der Waals surface area (Å²) in [6.45, 7) is 3.63. The first-order valence-electron chi connectivity index (χ1n) is 12.4. The van der Waals surface area contributed by atoms with Crippen LogP contribution in [0.2, 0.25) is 0 Å². The maximum atomic E-state index is 12.8. The topological polar surface area (TPSA) is 128 Å². The average molecular weight is 529 g/mol. The minimum atomic E-state index is -0.816. The lowest BCUT2D eigenvalue weighted by Gasteiger charge is -2.24. The van der Waals surface area contributed by atoms with Gasteiger partial charge in [-0.2, -0.15) is 0 Å². The number of aliphatic hydroxyl groups is 2. The number of benzene rings is 1. The highest BCUT2D eigenvalue weighted by atomic mass is 32.2. The summed E-state index contributed by atoms with van der Waals surface area (Å²) in [6, 6.07) is 1.58. The number of hydrogen-bond acceptors (Lipinski definition) is 7. The average Bonchev–Trinajstić information content (AvgIpc) is 2.87. The number of carbonyl (C=O) groups excluding carboxylic acids is 2. The standard InChI is InChI=1S/C28H36N2O6S/c1-17-10-9-12-20-27(35)21(15-22-28(20)37-16-25(33)30-22)29-24(32)14-19(36-3)11-7-5-4-6-8-13-23(31)18(2)26(17)34/h4-8,10-11,15,18-19,23,26,31,34-35H,9,12-14,16H2,1-3H3,(H,29,32)(H,30,33)/b5-4-,8-6-,11-7-,17-10-. The fraction of sp³-hybridized carbons (Fsp3) is 0.429. The van der Waals surface area contributed by atoms with E-state index in [1.54, 1.807) is 24.3 Å². The summed E-state index contributed by atoms with van der Waals surface area (Å²) >= 11 is 1.34. The minimum absolute atomic E-state index is 0.0353. The van der Waals surface area contributed by atoms with Crippen molar-refractivity contribution in [2.45, 2.75) is 62.7 Å². The second-order valence-electron chi connectivity index (χ2n) is 9.28. The Bertz CT molecular complexity index is 1110. The number of hydrogen-bond donors (Lipinski definition) is 5. The molecule has 37 heavy (non-hydrogen) atoms. The zero-order chi connectivity index (χ0) is 26.9. The third-order valence-corrected chi connectivity index (χ3v) is 7.70. The van der Waals surface area contributed by atoms with Crippen molar-refractivity contribution in [3.8, 4) is 5.75 Å². The monoisotopic (exact) mass is 528 g/mol. The van der Waals surface area contributed by atoms with Crippen LogP contribution in [-0.4, -0.2) is 58.3 Å². The van der Waals surface area contributed by atoms with Crippen LogP contribution >= 0.6 is 11.8 Å². The van der Waals surface area contributed by atoms with Gasteiger partial charge in [-0.15, -0.1) is 11.8 Å². The van der Waals surface area contributed by atoms with Crippen molar-refractivity contribution in [2.24, 2.45) is 5.92 Å². The molecular formula is C28H36N2O6S. The number of carbonyl (C=O) groups is 2. The number of phenolic OH excluding ortho intramolecular Hbond substituents is 1. The molecule has 0 aromatic heterocycles. The van der Waals surface area contributed by atoms with Crippen LogP contribution in [0.25, 0.3) is 0 Å². The molecule has 9 heteroatoms. The fourth-order valence-electron chi connectivity index (χ4n) is 4.25. The van der Waals surface area contributed by atoms with Gasteiger partial charge in [0, 0.05) is 23.5 Å². The molecule has 2 heterocycles. The lowest BCUT2D eigenvalue weighted by atomic mass is 9.90. The van der Waals surface area contributed by atoms with E-state index in [2.05, 4.69) is 10.6 Å². The summed E-state index contributed by atoms with van der Waals surface area (Å²) in [5, 5.41) is 38.0. The van der Waals surface area contributed by atoms with Crippen LogP contribution in [0.1, 0.15) is 38.7 Å². The third-order valence-electron chi connectivity index (χ3n) is 6.54. The molecule has 3 rings (SSSR count). The Labute approximate surface area is 222 Å². The van der Waals surface area contributed by atoms with E-state index in [1.807, 2.05) is 38.2 Å². The molecule has 200 valence electrons. The molecule has 0 fully saturated rings. The Morgan fingerprint density at radius 1 is 1.05 bits per heavy atom. The number of aliphatic hydroxyl groups excluding tert-OH is 2. The van der Waals surface area contributed by atoms with Crippen LogP contribution in [-0.2, 0) is 20.7 Å². The lowest BCUT2D eigenvalue weighted by Crippen LogP contribution is -2.30. The van der Waals surface area contributed by atoms with E-state index in [9.17, 15) is 24.9 Å². The molecule has 2 bridgehead atoms. The summed E-state index contributed by atoms with van der Waals surface area (Å²) < 4.78 is 5.40. The van der Waals surface area contributed by atoms with E-state index >= 15 is 0 Å². The summed E-state index contributed by atoms with van der Waals surface area (Å²) in [5.74, 6) is -0.674. The van der Waals surface area contributed by atoms with Gasteiger partial charge in [-0.1, -0.05) is 49.5 Å². The molecule has 2 amide bonds. The van der Waals surface area contributed by atoms with Gasteiger partial charge in [-0.05, 0) is 37.8 Å². The van der Waals surface area contributed by atoms with Crippen LogP contribution in [0, 0.1) is 5.92 Å². The molecule has 4 atom stereocenters. The SMILES string of the molecule is COC1\C=C/C=C\C=C/CC(O)C(C)C(O)/C(C)=C\CCc2c(O)c(cc3c2SCC(=O)N3)NC(=O)C1. The summed E-state index contributed by atoms with van der Waals surface area (Å²) in [6.07, 6.45) is 12.1. The Kier molecular flexibility index (Phi) is 10.6. The quantitative estimate of drug-likeness (QED) is 0.211. The van der Waals surface area contributed by atoms with E-state index in [4.69, 9.17) is 4.74 Å². The molecule has 0 spiro atoms.